The molecule has 1 unspecified atom stereocenters. The molecule has 0 spiro atoms. The second kappa shape index (κ2) is 11.1. The Morgan fingerprint density at radius 3 is 2.73 bits per heavy atom. The lowest BCUT2D eigenvalue weighted by Crippen LogP contribution is -2.42. The fourth-order valence-electron chi connectivity index (χ4n) is 5.16. The van der Waals surface area contributed by atoms with Gasteiger partial charge in [-0.3, -0.25) is 14.6 Å². The number of thiophene rings is 1. The molecule has 1 amide bonds. The molecule has 40 heavy (non-hydrogen) atoms. The Balaban J connectivity index is 1.42. The first-order valence-corrected chi connectivity index (χ1v) is 14.1. The minimum atomic E-state index is -0.449. The van der Waals surface area contributed by atoms with Crippen LogP contribution in [0.2, 0.25) is 0 Å². The number of fused-ring (bicyclic) bond motifs is 1. The quantitative estimate of drug-likeness (QED) is 0.316. The Labute approximate surface area is 237 Å². The minimum Gasteiger partial charge on any atom is -0.333 e. The predicted molar refractivity (Wildman–Crippen MR) is 159 cm³/mol. The van der Waals surface area contributed by atoms with Crippen LogP contribution in [-0.2, 0) is 11.2 Å². The molecule has 8 heteroatoms. The van der Waals surface area contributed by atoms with Gasteiger partial charge >= 0.3 is 0 Å². The summed E-state index contributed by atoms with van der Waals surface area (Å²) >= 11 is 1.80. The summed E-state index contributed by atoms with van der Waals surface area (Å²) in [5, 5.41) is 0. The molecule has 6 nitrogen and oxygen atoms in total. The maximum Gasteiger partial charge on any atom is 0.273 e. The SMILES string of the molecule is C=C(/C=C1/N=C(C(=O)N2CCc3sc(C)cc3C2C)C=C(CC)N1C)c1ccc(-c2ccc(C=O)cn2)cc1F. The first kappa shape index (κ1) is 27.4. The molecule has 1 aromatic carbocycles. The van der Waals surface area contributed by atoms with Crippen molar-refractivity contribution in [2.24, 2.45) is 4.99 Å². The normalized spacial score (nSPS) is 17.8. The van der Waals surface area contributed by atoms with E-state index in [9.17, 15) is 9.59 Å². The van der Waals surface area contributed by atoms with Gasteiger partial charge in [-0.2, -0.15) is 0 Å². The van der Waals surface area contributed by atoms with E-state index >= 15 is 4.39 Å². The van der Waals surface area contributed by atoms with Crippen molar-refractivity contribution in [2.75, 3.05) is 13.6 Å². The third kappa shape index (κ3) is 5.19. The van der Waals surface area contributed by atoms with Crippen LogP contribution in [-0.4, -0.2) is 46.3 Å². The first-order valence-electron chi connectivity index (χ1n) is 13.3. The summed E-state index contributed by atoms with van der Waals surface area (Å²) in [6, 6.07) is 10.3. The number of rotatable bonds is 6. The van der Waals surface area contributed by atoms with E-state index in [0.29, 0.717) is 58.7 Å². The van der Waals surface area contributed by atoms with Crippen LogP contribution in [0.1, 0.15) is 57.5 Å². The Morgan fingerprint density at radius 2 is 2.05 bits per heavy atom. The van der Waals surface area contributed by atoms with Crippen LogP contribution < -0.4 is 0 Å². The van der Waals surface area contributed by atoms with Crippen molar-refractivity contribution >= 4 is 34.8 Å². The van der Waals surface area contributed by atoms with Gasteiger partial charge < -0.3 is 9.80 Å². The van der Waals surface area contributed by atoms with E-state index in [1.165, 1.54) is 27.6 Å². The van der Waals surface area contributed by atoms with Crippen LogP contribution in [0.5, 0.6) is 0 Å². The number of hydrogen-bond donors (Lipinski definition) is 0. The monoisotopic (exact) mass is 554 g/mol. The Morgan fingerprint density at radius 1 is 1.25 bits per heavy atom. The number of hydrogen-bond acceptors (Lipinski definition) is 6. The fraction of sp³-hybridized carbons (Fsp3) is 0.250. The van der Waals surface area contributed by atoms with Crippen LogP contribution in [0.4, 0.5) is 4.39 Å². The molecule has 5 rings (SSSR count). The molecular weight excluding hydrogens is 523 g/mol. The maximum atomic E-state index is 15.2. The molecule has 0 saturated heterocycles. The van der Waals surface area contributed by atoms with Crippen LogP contribution in [0, 0.1) is 12.7 Å². The molecule has 1 atom stereocenters. The lowest BCUT2D eigenvalue weighted by Gasteiger charge is -2.35. The molecule has 0 N–H and O–H groups in total. The standard InChI is InChI=1S/C32H31FN4O2S/c1-6-24-16-29(32(39)37-12-11-30-26(21(37)4)14-20(3)40-30)35-31(36(24)5)13-19(2)25-9-8-23(15-27(25)33)28-10-7-22(18-38)17-34-28/h7-10,13-18,21H,2,6,11-12H2,1,3-5H3/b31-13-. The number of carbonyl (C=O) groups is 2. The zero-order valence-corrected chi connectivity index (χ0v) is 23.9. The maximum absolute atomic E-state index is 15.2. The number of halogens is 1. The van der Waals surface area contributed by atoms with Gasteiger partial charge in [0.05, 0.1) is 11.7 Å². The molecule has 2 aliphatic rings. The number of benzene rings is 1. The average Bonchev–Trinajstić information content (AvgIpc) is 3.35. The summed E-state index contributed by atoms with van der Waals surface area (Å²) in [7, 11) is 1.89. The number of aldehydes is 1. The number of amides is 1. The second-order valence-electron chi connectivity index (χ2n) is 10.0. The van der Waals surface area contributed by atoms with E-state index < -0.39 is 5.82 Å². The van der Waals surface area contributed by atoms with E-state index in [-0.39, 0.29) is 11.9 Å². The van der Waals surface area contributed by atoms with Crippen molar-refractivity contribution in [3.8, 4) is 11.3 Å². The number of aryl methyl sites for hydroxylation is 1. The zero-order chi connectivity index (χ0) is 28.6. The van der Waals surface area contributed by atoms with Crippen molar-refractivity contribution < 1.29 is 14.0 Å². The largest absolute Gasteiger partial charge is 0.333 e. The molecule has 0 aliphatic carbocycles. The zero-order valence-electron chi connectivity index (χ0n) is 23.1. The van der Waals surface area contributed by atoms with E-state index in [1.54, 1.807) is 41.7 Å². The number of aliphatic imine (C=N–C) groups is 1. The van der Waals surface area contributed by atoms with Crippen molar-refractivity contribution in [2.45, 2.75) is 39.7 Å². The third-order valence-corrected chi connectivity index (χ3v) is 8.58. The molecule has 2 aromatic heterocycles. The van der Waals surface area contributed by atoms with Gasteiger partial charge in [0, 0.05) is 51.9 Å². The summed E-state index contributed by atoms with van der Waals surface area (Å²) < 4.78 is 15.2. The molecule has 0 bridgehead atoms. The topological polar surface area (TPSA) is 65.9 Å². The molecular formula is C32H31FN4O2S. The summed E-state index contributed by atoms with van der Waals surface area (Å²) in [4.78, 5) is 40.0. The second-order valence-corrected chi connectivity index (χ2v) is 11.4. The van der Waals surface area contributed by atoms with Gasteiger partial charge in [-0.05, 0) is 74.2 Å². The van der Waals surface area contributed by atoms with Crippen LogP contribution in [0.25, 0.3) is 16.8 Å². The van der Waals surface area contributed by atoms with Crippen molar-refractivity contribution in [3.63, 3.8) is 0 Å². The van der Waals surface area contributed by atoms with Crippen molar-refractivity contribution in [3.05, 3.63) is 105 Å². The van der Waals surface area contributed by atoms with Gasteiger partial charge in [-0.25, -0.2) is 9.38 Å². The van der Waals surface area contributed by atoms with Gasteiger partial charge in [0.1, 0.15) is 17.3 Å². The Kier molecular flexibility index (Phi) is 7.63. The highest BCUT2D eigenvalue weighted by Crippen LogP contribution is 2.36. The van der Waals surface area contributed by atoms with E-state index in [0.717, 1.165) is 12.1 Å². The van der Waals surface area contributed by atoms with E-state index in [2.05, 4.69) is 31.5 Å². The number of nitrogens with zero attached hydrogens (tertiary/aromatic N) is 4. The Bertz CT molecular complexity index is 1600. The lowest BCUT2D eigenvalue weighted by molar-refractivity contribution is -0.126. The highest BCUT2D eigenvalue weighted by molar-refractivity contribution is 7.12. The third-order valence-electron chi connectivity index (χ3n) is 7.45. The number of pyridine rings is 1. The highest BCUT2D eigenvalue weighted by atomic mass is 32.1. The van der Waals surface area contributed by atoms with E-state index in [4.69, 9.17) is 4.99 Å². The number of carbonyl (C=O) groups excluding carboxylic acids is 2. The molecule has 3 aromatic rings. The minimum absolute atomic E-state index is 0.0267. The predicted octanol–water partition coefficient (Wildman–Crippen LogP) is 6.75. The van der Waals surface area contributed by atoms with Gasteiger partial charge in [0.15, 0.2) is 6.29 Å². The molecule has 0 saturated carbocycles. The number of allylic oxidation sites excluding steroid dienone is 3. The lowest BCUT2D eigenvalue weighted by atomic mass is 10.00. The van der Waals surface area contributed by atoms with Gasteiger partial charge in [-0.1, -0.05) is 25.6 Å². The van der Waals surface area contributed by atoms with Gasteiger partial charge in [0.2, 0.25) is 0 Å². The summed E-state index contributed by atoms with van der Waals surface area (Å²) in [6.45, 7) is 11.0. The smallest absolute Gasteiger partial charge is 0.273 e. The first-order chi connectivity index (χ1) is 19.2. The average molecular weight is 555 g/mol. The fourth-order valence-corrected chi connectivity index (χ4v) is 6.28. The summed E-state index contributed by atoms with van der Waals surface area (Å²) in [5.41, 5.74) is 4.91. The summed E-state index contributed by atoms with van der Waals surface area (Å²) in [6.07, 6.45) is 7.28. The van der Waals surface area contributed by atoms with Crippen molar-refractivity contribution in [1.29, 1.82) is 0 Å². The molecule has 4 heterocycles. The molecule has 2 aliphatic heterocycles. The Hall–Kier alpha value is -4.17. The summed E-state index contributed by atoms with van der Waals surface area (Å²) in [5.74, 6) is -0.0326. The van der Waals surface area contributed by atoms with E-state index in [1.807, 2.05) is 29.8 Å². The van der Waals surface area contributed by atoms with Crippen molar-refractivity contribution in [1.82, 2.24) is 14.8 Å². The van der Waals surface area contributed by atoms with Crippen LogP contribution >= 0.6 is 11.3 Å². The molecule has 0 fully saturated rings. The van der Waals surface area contributed by atoms with Gasteiger partial charge in [0.25, 0.3) is 5.91 Å². The molecule has 0 radical (unpaired) electrons. The number of aromatic nitrogens is 1. The van der Waals surface area contributed by atoms with Crippen LogP contribution in [0.3, 0.4) is 0 Å². The molecule has 204 valence electrons. The van der Waals surface area contributed by atoms with Crippen LogP contribution in [0.15, 0.2) is 77.8 Å². The highest BCUT2D eigenvalue weighted by Gasteiger charge is 2.32. The van der Waals surface area contributed by atoms with Gasteiger partial charge in [-0.15, -0.1) is 11.3 Å².